The van der Waals surface area contributed by atoms with Crippen LogP contribution < -0.4 is 5.32 Å². The molecule has 0 aromatic heterocycles. The van der Waals surface area contributed by atoms with Crippen LogP contribution in [0.2, 0.25) is 0 Å². The Morgan fingerprint density at radius 2 is 1.67 bits per heavy atom. The van der Waals surface area contributed by atoms with Crippen LogP contribution in [0.4, 0.5) is 0 Å². The van der Waals surface area contributed by atoms with E-state index >= 15 is 0 Å². The Labute approximate surface area is 221 Å². The lowest BCUT2D eigenvalue weighted by Crippen LogP contribution is -2.57. The van der Waals surface area contributed by atoms with Gasteiger partial charge in [0.1, 0.15) is 5.78 Å². The number of carbonyl (C=O) groups is 2. The maximum absolute atomic E-state index is 12.4. The van der Waals surface area contributed by atoms with Crippen molar-refractivity contribution in [2.45, 2.75) is 149 Å². The topological polar surface area (TPSA) is 66.4 Å². The molecule has 4 aliphatic carbocycles. The second-order valence-electron chi connectivity index (χ2n) is 13.8. The summed E-state index contributed by atoms with van der Waals surface area (Å²) in [4.78, 5) is 24.6. The summed E-state index contributed by atoms with van der Waals surface area (Å²) in [6.07, 6.45) is 18.3. The van der Waals surface area contributed by atoms with Gasteiger partial charge in [0.05, 0.1) is 6.10 Å². The van der Waals surface area contributed by atoms with Crippen LogP contribution in [0.15, 0.2) is 0 Å². The molecule has 206 valence electrons. The number of unbranched alkanes of at least 4 members (excludes halogenated alkanes) is 4. The summed E-state index contributed by atoms with van der Waals surface area (Å²) in [5.74, 6) is 4.17. The largest absolute Gasteiger partial charge is 0.393 e. The number of aliphatic hydroxyl groups is 1. The monoisotopic (exact) mass is 501 g/mol. The van der Waals surface area contributed by atoms with E-state index in [1.165, 1.54) is 51.4 Å². The predicted octanol–water partition coefficient (Wildman–Crippen LogP) is 7.22. The Balaban J connectivity index is 1.30. The van der Waals surface area contributed by atoms with Crippen LogP contribution in [0.5, 0.6) is 0 Å². The average Bonchev–Trinajstić information content (AvgIpc) is 3.16. The van der Waals surface area contributed by atoms with E-state index in [2.05, 4.69) is 33.0 Å². The quantitative estimate of drug-likeness (QED) is 0.294. The summed E-state index contributed by atoms with van der Waals surface area (Å²) in [7, 11) is 0. The van der Waals surface area contributed by atoms with E-state index in [9.17, 15) is 14.7 Å². The highest BCUT2D eigenvalue weighted by atomic mass is 16.3. The molecule has 4 aliphatic rings. The molecule has 4 saturated carbocycles. The van der Waals surface area contributed by atoms with Crippen molar-refractivity contribution >= 4 is 11.7 Å². The van der Waals surface area contributed by atoms with E-state index in [-0.39, 0.29) is 17.4 Å². The number of Topliss-reactive ketones (excluding diaryl/α,β-unsaturated/α-hetero) is 1. The highest BCUT2D eigenvalue weighted by Crippen LogP contribution is 2.67. The van der Waals surface area contributed by atoms with Crippen molar-refractivity contribution in [3.05, 3.63) is 0 Å². The van der Waals surface area contributed by atoms with Gasteiger partial charge < -0.3 is 10.4 Å². The van der Waals surface area contributed by atoms with Crippen LogP contribution in [-0.4, -0.2) is 28.9 Å². The highest BCUT2D eigenvalue weighted by Gasteiger charge is 2.62. The van der Waals surface area contributed by atoms with Gasteiger partial charge >= 0.3 is 0 Å². The molecule has 0 heterocycles. The molecule has 0 bridgehead atoms. The molecule has 4 nitrogen and oxygen atoms in total. The van der Waals surface area contributed by atoms with Crippen molar-refractivity contribution in [3.8, 4) is 0 Å². The van der Waals surface area contributed by atoms with Gasteiger partial charge in [0.15, 0.2) is 0 Å². The lowest BCUT2D eigenvalue weighted by molar-refractivity contribution is -0.156. The molecule has 8 atom stereocenters. The molecule has 0 radical (unpaired) electrons. The van der Waals surface area contributed by atoms with Crippen molar-refractivity contribution in [1.82, 2.24) is 5.32 Å². The number of hydrogen-bond acceptors (Lipinski definition) is 3. The molecule has 36 heavy (non-hydrogen) atoms. The van der Waals surface area contributed by atoms with Gasteiger partial charge in [0.25, 0.3) is 0 Å². The Kier molecular flexibility index (Phi) is 9.27. The third kappa shape index (κ3) is 5.59. The van der Waals surface area contributed by atoms with Gasteiger partial charge in [-0.1, -0.05) is 59.8 Å². The van der Waals surface area contributed by atoms with E-state index in [0.717, 1.165) is 69.1 Å². The zero-order chi connectivity index (χ0) is 25.9. The SMILES string of the molecule is CCC(CC)NC(=O)CCCCCCC[C@@H]1C[C@H]2CC(=O)CC[C@]2(C)[C@H]2CC[C@]3(C)[C@@H](O)CC[C@H]3[C@H]12. The van der Waals surface area contributed by atoms with Crippen molar-refractivity contribution in [3.63, 3.8) is 0 Å². The standard InChI is InChI=1S/C32H55NO3/c1-5-24(6-2)33-29(36)13-11-9-7-8-10-12-22-20-23-21-25(34)16-18-31(23,3)27-17-19-32(4)26(30(22)27)14-15-28(32)35/h22-24,26-28,30,35H,5-21H2,1-4H3,(H,33,36)/t22-,23+,26+,27+,28+,30+,31+,32+/m1/s1. The van der Waals surface area contributed by atoms with Crippen LogP contribution in [0.3, 0.4) is 0 Å². The first kappa shape index (κ1) is 28.1. The first-order valence-corrected chi connectivity index (χ1v) is 15.7. The van der Waals surface area contributed by atoms with Crippen LogP contribution in [0, 0.1) is 40.4 Å². The van der Waals surface area contributed by atoms with Gasteiger partial charge in [-0.2, -0.15) is 0 Å². The summed E-state index contributed by atoms with van der Waals surface area (Å²) < 4.78 is 0. The molecule has 2 N–H and O–H groups in total. The summed E-state index contributed by atoms with van der Waals surface area (Å²) in [5, 5.41) is 14.1. The Bertz CT molecular complexity index is 762. The number of rotatable bonds is 11. The number of carbonyl (C=O) groups excluding carboxylic acids is 2. The molecule has 0 aliphatic heterocycles. The second-order valence-corrected chi connectivity index (χ2v) is 13.8. The summed E-state index contributed by atoms with van der Waals surface area (Å²) in [6.45, 7) is 9.20. The molecule has 1 amide bonds. The number of ketones is 1. The van der Waals surface area contributed by atoms with Crippen LogP contribution in [0.25, 0.3) is 0 Å². The molecule has 4 heteroatoms. The molecule has 0 spiro atoms. The summed E-state index contributed by atoms with van der Waals surface area (Å²) in [5.41, 5.74) is 0.446. The summed E-state index contributed by atoms with van der Waals surface area (Å²) in [6, 6.07) is 0.334. The van der Waals surface area contributed by atoms with Gasteiger partial charge in [-0.3, -0.25) is 9.59 Å². The van der Waals surface area contributed by atoms with Crippen molar-refractivity contribution in [2.24, 2.45) is 40.4 Å². The van der Waals surface area contributed by atoms with Gasteiger partial charge in [-0.05, 0) is 98.2 Å². The fraction of sp³-hybridized carbons (Fsp3) is 0.938. The number of aliphatic hydroxyl groups excluding tert-OH is 1. The van der Waals surface area contributed by atoms with Crippen LogP contribution >= 0.6 is 0 Å². The van der Waals surface area contributed by atoms with Gasteiger partial charge in [-0.15, -0.1) is 0 Å². The van der Waals surface area contributed by atoms with E-state index in [0.29, 0.717) is 35.5 Å². The third-order valence-electron chi connectivity index (χ3n) is 11.9. The molecule has 0 aromatic rings. The Morgan fingerprint density at radius 1 is 0.972 bits per heavy atom. The zero-order valence-corrected chi connectivity index (χ0v) is 23.8. The molecule has 0 aromatic carbocycles. The molecule has 4 rings (SSSR count). The fourth-order valence-electron chi connectivity index (χ4n) is 9.51. The van der Waals surface area contributed by atoms with E-state index in [1.54, 1.807) is 0 Å². The van der Waals surface area contributed by atoms with Crippen LogP contribution in [0.1, 0.15) is 137 Å². The minimum atomic E-state index is -0.121. The maximum atomic E-state index is 12.4. The first-order chi connectivity index (χ1) is 17.2. The van der Waals surface area contributed by atoms with Crippen molar-refractivity contribution in [2.75, 3.05) is 0 Å². The normalized spacial score (nSPS) is 40.0. The fourth-order valence-corrected chi connectivity index (χ4v) is 9.51. The third-order valence-corrected chi connectivity index (χ3v) is 11.9. The molecule has 0 saturated heterocycles. The number of hydrogen-bond donors (Lipinski definition) is 2. The highest BCUT2D eigenvalue weighted by molar-refractivity contribution is 5.79. The second kappa shape index (κ2) is 11.9. The number of nitrogens with one attached hydrogen (secondary N) is 1. The average molecular weight is 502 g/mol. The minimum Gasteiger partial charge on any atom is -0.393 e. The van der Waals surface area contributed by atoms with E-state index in [4.69, 9.17) is 0 Å². The minimum absolute atomic E-state index is 0.113. The van der Waals surface area contributed by atoms with Crippen LogP contribution in [-0.2, 0) is 9.59 Å². The first-order valence-electron chi connectivity index (χ1n) is 15.7. The molecular formula is C32H55NO3. The van der Waals surface area contributed by atoms with E-state index < -0.39 is 0 Å². The Hall–Kier alpha value is -0.900. The van der Waals surface area contributed by atoms with E-state index in [1.807, 2.05) is 0 Å². The molecule has 4 fully saturated rings. The predicted molar refractivity (Wildman–Crippen MR) is 146 cm³/mol. The lowest BCUT2D eigenvalue weighted by atomic mass is 9.42. The zero-order valence-electron chi connectivity index (χ0n) is 23.8. The van der Waals surface area contributed by atoms with Gasteiger partial charge in [-0.25, -0.2) is 0 Å². The smallest absolute Gasteiger partial charge is 0.220 e. The molecule has 0 unspecified atom stereocenters. The van der Waals surface area contributed by atoms with Gasteiger partial charge in [0.2, 0.25) is 5.91 Å². The maximum Gasteiger partial charge on any atom is 0.220 e. The number of fused-ring (bicyclic) bond motifs is 5. The number of amides is 1. The Morgan fingerprint density at radius 3 is 2.42 bits per heavy atom. The summed E-state index contributed by atoms with van der Waals surface area (Å²) >= 11 is 0. The van der Waals surface area contributed by atoms with Crippen molar-refractivity contribution < 1.29 is 14.7 Å². The van der Waals surface area contributed by atoms with Gasteiger partial charge in [0, 0.05) is 25.3 Å². The lowest BCUT2D eigenvalue weighted by Gasteiger charge is -2.62. The molecular weight excluding hydrogens is 446 g/mol. The van der Waals surface area contributed by atoms with Crippen molar-refractivity contribution in [1.29, 1.82) is 0 Å².